The number of rotatable bonds is 30. The van der Waals surface area contributed by atoms with Gasteiger partial charge in [-0.15, -0.1) is 31.7 Å². The zero-order valence-corrected chi connectivity index (χ0v) is 40.9. The first-order chi connectivity index (χ1) is 32.1. The van der Waals surface area contributed by atoms with Crippen molar-refractivity contribution in [1.82, 2.24) is 10.6 Å². The van der Waals surface area contributed by atoms with Crippen LogP contribution in [0.4, 0.5) is 8.78 Å². The molecule has 0 aliphatic carbocycles. The second kappa shape index (κ2) is 27.2. The Hall–Kier alpha value is -4.72. The van der Waals surface area contributed by atoms with E-state index in [4.69, 9.17) is 28.0 Å². The summed E-state index contributed by atoms with van der Waals surface area (Å²) >= 11 is 3.33. The highest BCUT2D eigenvalue weighted by Gasteiger charge is 2.19. The minimum atomic E-state index is -2.19. The van der Waals surface area contributed by atoms with Gasteiger partial charge in [0.15, 0.2) is 23.1 Å². The van der Waals surface area contributed by atoms with Crippen LogP contribution in [0.1, 0.15) is 75.6 Å². The van der Waals surface area contributed by atoms with E-state index in [1.54, 1.807) is 46.9 Å². The molecule has 2 heterocycles. The second-order valence-electron chi connectivity index (χ2n) is 16.3. The fourth-order valence-corrected chi connectivity index (χ4v) is 9.19. The molecule has 0 radical (unpaired) electrons. The Bertz CT molecular complexity index is 2220. The van der Waals surface area contributed by atoms with Gasteiger partial charge in [-0.2, -0.15) is 0 Å². The van der Waals surface area contributed by atoms with E-state index in [1.807, 2.05) is 64.1 Å². The van der Waals surface area contributed by atoms with Crippen LogP contribution in [0.15, 0.2) is 108 Å². The lowest BCUT2D eigenvalue weighted by Crippen LogP contribution is -2.16. The van der Waals surface area contributed by atoms with Gasteiger partial charge in [0.25, 0.3) is 0 Å². The summed E-state index contributed by atoms with van der Waals surface area (Å²) in [5.41, 5.74) is 6.16. The summed E-state index contributed by atoms with van der Waals surface area (Å²) < 4.78 is 75.7. The molecule has 0 saturated heterocycles. The van der Waals surface area contributed by atoms with Crippen LogP contribution in [-0.4, -0.2) is 51.7 Å². The zero-order valence-electron chi connectivity index (χ0n) is 38.3. The summed E-state index contributed by atoms with van der Waals surface area (Å²) in [4.78, 5) is 2.26. The molecule has 9 nitrogen and oxygen atoms in total. The monoisotopic (exact) mass is 959 g/mol. The van der Waals surface area contributed by atoms with E-state index in [9.17, 15) is 13.3 Å². The van der Waals surface area contributed by atoms with Crippen LogP contribution in [0, 0.1) is 11.6 Å². The van der Waals surface area contributed by atoms with E-state index >= 15 is 0 Å². The quantitative estimate of drug-likeness (QED) is 0.0338. The third kappa shape index (κ3) is 16.9. The van der Waals surface area contributed by atoms with Crippen molar-refractivity contribution in [2.24, 2.45) is 0 Å². The van der Waals surface area contributed by atoms with E-state index in [2.05, 4.69) is 57.8 Å². The first kappa shape index (κ1) is 50.7. The van der Waals surface area contributed by atoms with Gasteiger partial charge in [0.1, 0.15) is 24.7 Å². The number of halogens is 2. The number of hydrogen-bond acceptors (Lipinski definition) is 11. The van der Waals surface area contributed by atoms with Gasteiger partial charge in [-0.25, -0.2) is 8.78 Å². The number of thiophene rings is 2. The molecule has 0 spiro atoms. The molecule has 0 atom stereocenters. The van der Waals surface area contributed by atoms with E-state index in [-0.39, 0.29) is 35.3 Å². The molecule has 6 aromatic rings. The van der Waals surface area contributed by atoms with Gasteiger partial charge in [0.2, 0.25) is 0 Å². The molecule has 352 valence electrons. The number of aryl methyl sites for hydroxylation is 2. The van der Waals surface area contributed by atoms with Crippen LogP contribution < -0.4 is 29.6 Å². The van der Waals surface area contributed by atoms with Gasteiger partial charge in [0.05, 0.1) is 25.4 Å². The van der Waals surface area contributed by atoms with Crippen molar-refractivity contribution in [1.29, 1.82) is 0 Å². The Labute approximate surface area is 397 Å². The van der Waals surface area contributed by atoms with E-state index < -0.39 is 8.25 Å². The van der Waals surface area contributed by atoms with Crippen LogP contribution in [-0.2, 0) is 39.5 Å². The molecule has 0 fully saturated rings. The Balaban J connectivity index is 0.831. The van der Waals surface area contributed by atoms with Crippen LogP contribution >= 0.6 is 30.9 Å². The lowest BCUT2D eigenvalue weighted by molar-refractivity contribution is 0.220. The molecule has 0 aliphatic rings. The molecule has 14 heteroatoms. The highest BCUT2D eigenvalue weighted by Crippen LogP contribution is 2.36. The maximum absolute atomic E-state index is 14.4. The SMILES string of the molecule is CC(C)Oc1ccc(CCCOc2ccc(CNCCCO[P+](=O)OCCCNCc3ccc(OCCCc4ccc(OC(C)C)c(F)c4)c(-c4cccs4)c3)cc2-c2cccs2)cc1F. The molecule has 0 amide bonds. The Morgan fingerprint density at radius 1 is 0.530 bits per heavy atom. The lowest BCUT2D eigenvalue weighted by atomic mass is 10.1. The molecule has 0 aliphatic heterocycles. The van der Waals surface area contributed by atoms with Gasteiger partial charge in [-0.05, 0) is 173 Å². The summed E-state index contributed by atoms with van der Waals surface area (Å²) in [6.45, 7) is 11.9. The first-order valence-corrected chi connectivity index (χ1v) is 25.6. The number of hydrogen-bond donors (Lipinski definition) is 2. The predicted octanol–water partition coefficient (Wildman–Crippen LogP) is 13.4. The first-order valence-electron chi connectivity index (χ1n) is 22.7. The maximum atomic E-state index is 14.4. The normalized spacial score (nSPS) is 11.4. The maximum Gasteiger partial charge on any atom is 0.697 e. The van der Waals surface area contributed by atoms with Gasteiger partial charge in [-0.3, -0.25) is 0 Å². The smallest absolute Gasteiger partial charge is 0.493 e. The molecule has 6 rings (SSSR count). The van der Waals surface area contributed by atoms with Crippen molar-refractivity contribution in [3.05, 3.63) is 142 Å². The number of ether oxygens (including phenoxy) is 4. The minimum absolute atomic E-state index is 0.0814. The topological polar surface area (TPSA) is 96.5 Å². The van der Waals surface area contributed by atoms with Gasteiger partial charge in [0, 0.05) is 38.5 Å². The largest absolute Gasteiger partial charge is 0.697 e. The summed E-state index contributed by atoms with van der Waals surface area (Å²) in [6, 6.07) is 31.0. The van der Waals surface area contributed by atoms with E-state index in [1.165, 1.54) is 0 Å². The molecule has 66 heavy (non-hydrogen) atoms. The molecule has 2 aromatic heterocycles. The zero-order chi connectivity index (χ0) is 46.5. The molecule has 0 unspecified atom stereocenters. The third-order valence-corrected chi connectivity index (χ3v) is 12.8. The summed E-state index contributed by atoms with van der Waals surface area (Å²) in [5, 5.41) is 11.0. The lowest BCUT2D eigenvalue weighted by Gasteiger charge is -2.14. The predicted molar refractivity (Wildman–Crippen MR) is 264 cm³/mol. The Morgan fingerprint density at radius 3 is 1.35 bits per heavy atom. The van der Waals surface area contributed by atoms with Crippen LogP contribution in [0.5, 0.6) is 23.0 Å². The molecule has 2 N–H and O–H groups in total. The highest BCUT2D eigenvalue weighted by molar-refractivity contribution is 7.33. The highest BCUT2D eigenvalue weighted by atomic mass is 32.1. The van der Waals surface area contributed by atoms with E-state index in [0.717, 1.165) is 67.5 Å². The summed E-state index contributed by atoms with van der Waals surface area (Å²) in [7, 11) is -2.19. The molecule has 0 saturated carbocycles. The Kier molecular flexibility index (Phi) is 20.9. The van der Waals surface area contributed by atoms with Crippen molar-refractivity contribution in [3.8, 4) is 43.9 Å². The van der Waals surface area contributed by atoms with Crippen molar-refractivity contribution >= 4 is 30.9 Å². The van der Waals surface area contributed by atoms with Crippen molar-refractivity contribution in [2.45, 2.75) is 91.5 Å². The standard InChI is InChI=1S/C52H62F2N2O7PS2/c1-37(2)62-49-21-15-39(33-45(49)53)11-5-25-58-47-19-17-41(31-43(47)51-13-7-29-65-51)35-55-23-9-27-60-64(57)61-28-10-24-56-36-42-18-20-48(44(32-42)52-14-8-30-66-52)59-26-6-12-40-16-22-50(46(54)34-40)63-38(3)4/h7-8,13-22,29-34,37-38,55-56H,5-6,9-12,23-28,35-36H2,1-4H3/q+1. The van der Waals surface area contributed by atoms with Gasteiger partial charge in [-0.1, -0.05) is 36.4 Å². The number of benzene rings is 4. The second-order valence-corrected chi connectivity index (χ2v) is 19.2. The third-order valence-electron chi connectivity index (χ3n) is 10.2. The molecular formula is C52H62F2N2O7PS2+. The van der Waals surface area contributed by atoms with Gasteiger partial charge >= 0.3 is 8.25 Å². The van der Waals surface area contributed by atoms with Gasteiger partial charge < -0.3 is 29.6 Å². The van der Waals surface area contributed by atoms with Crippen molar-refractivity contribution in [3.63, 3.8) is 0 Å². The van der Waals surface area contributed by atoms with E-state index in [0.29, 0.717) is 78.3 Å². The van der Waals surface area contributed by atoms with Crippen LogP contribution in [0.3, 0.4) is 0 Å². The Morgan fingerprint density at radius 2 is 0.955 bits per heavy atom. The van der Waals surface area contributed by atoms with Crippen LogP contribution in [0.2, 0.25) is 0 Å². The molecular weight excluding hydrogens is 898 g/mol. The van der Waals surface area contributed by atoms with Crippen LogP contribution in [0.25, 0.3) is 20.9 Å². The number of nitrogens with one attached hydrogen (secondary N) is 2. The van der Waals surface area contributed by atoms with Crippen molar-refractivity contribution < 1.29 is 41.3 Å². The fourth-order valence-electron chi connectivity index (χ4n) is 7.07. The molecule has 4 aromatic carbocycles. The molecule has 0 bridgehead atoms. The average molecular weight is 960 g/mol. The minimum Gasteiger partial charge on any atom is -0.493 e. The summed E-state index contributed by atoms with van der Waals surface area (Å²) in [5.74, 6) is 1.52. The summed E-state index contributed by atoms with van der Waals surface area (Å²) in [6.07, 6.45) is 4.10. The van der Waals surface area contributed by atoms with Crippen molar-refractivity contribution in [2.75, 3.05) is 39.5 Å². The fraction of sp³-hybridized carbons (Fsp3) is 0.385. The average Bonchev–Trinajstić information content (AvgIpc) is 4.05.